The van der Waals surface area contributed by atoms with Crippen LogP contribution in [0.4, 0.5) is 5.82 Å². The average Bonchev–Trinajstić information content (AvgIpc) is 2.45. The third-order valence-electron chi connectivity index (χ3n) is 3.73. The summed E-state index contributed by atoms with van der Waals surface area (Å²) in [6.45, 7) is 3.44. The summed E-state index contributed by atoms with van der Waals surface area (Å²) in [5, 5.41) is 3.33. The molecule has 1 atom stereocenters. The molecule has 0 aliphatic heterocycles. The highest BCUT2D eigenvalue weighted by atomic mass is 127. The van der Waals surface area contributed by atoms with Gasteiger partial charge in [-0.1, -0.05) is 24.3 Å². The molecule has 1 unspecified atom stereocenters. The molecule has 0 amide bonds. The van der Waals surface area contributed by atoms with Crippen molar-refractivity contribution < 1.29 is 4.74 Å². The molecule has 1 aromatic heterocycles. The van der Waals surface area contributed by atoms with Gasteiger partial charge in [0, 0.05) is 19.6 Å². The first kappa shape index (κ1) is 14.7. The fourth-order valence-electron chi connectivity index (χ4n) is 2.67. The minimum absolute atomic E-state index is 0.311. The molecule has 0 saturated carbocycles. The lowest BCUT2D eigenvalue weighted by atomic mass is 9.77. The molecule has 1 aliphatic rings. The number of benzene rings is 1. The molecule has 110 valence electrons. The molecule has 0 fully saturated rings. The van der Waals surface area contributed by atoms with Gasteiger partial charge in [-0.3, -0.25) is 0 Å². The van der Waals surface area contributed by atoms with Gasteiger partial charge in [0.05, 0.1) is 15.9 Å². The Balaban J connectivity index is 1.99. The second-order valence-corrected chi connectivity index (χ2v) is 6.19. The monoisotopic (exact) mass is 395 g/mol. The highest BCUT2D eigenvalue weighted by molar-refractivity contribution is 14.1. The lowest BCUT2D eigenvalue weighted by Gasteiger charge is -2.29. The largest absolute Gasteiger partial charge is 0.378 e. The zero-order valence-corrected chi connectivity index (χ0v) is 14.3. The first-order valence-corrected chi connectivity index (χ1v) is 8.19. The van der Waals surface area contributed by atoms with Crippen LogP contribution < -0.4 is 5.32 Å². The molecular weight excluding hydrogens is 377 g/mol. The van der Waals surface area contributed by atoms with Gasteiger partial charge in [-0.25, -0.2) is 9.97 Å². The van der Waals surface area contributed by atoms with Crippen molar-refractivity contribution in [2.45, 2.75) is 25.9 Å². The summed E-state index contributed by atoms with van der Waals surface area (Å²) in [7, 11) is 1.70. The van der Waals surface area contributed by atoms with Crippen LogP contribution in [-0.2, 0) is 17.8 Å². The van der Waals surface area contributed by atoms with Gasteiger partial charge in [0.1, 0.15) is 11.6 Å². The lowest BCUT2D eigenvalue weighted by Crippen LogP contribution is -2.22. The summed E-state index contributed by atoms with van der Waals surface area (Å²) >= 11 is 2.29. The molecule has 0 radical (unpaired) electrons. The molecule has 0 spiro atoms. The molecule has 1 N–H and O–H groups in total. The van der Waals surface area contributed by atoms with Crippen molar-refractivity contribution in [3.8, 4) is 0 Å². The Hall–Kier alpha value is -1.21. The van der Waals surface area contributed by atoms with E-state index in [0.29, 0.717) is 12.5 Å². The van der Waals surface area contributed by atoms with E-state index in [2.05, 4.69) is 59.1 Å². The summed E-state index contributed by atoms with van der Waals surface area (Å²) in [5.41, 5.74) is 3.72. The fraction of sp³-hybridized carbons (Fsp3) is 0.375. The van der Waals surface area contributed by atoms with E-state index in [-0.39, 0.29) is 0 Å². The highest BCUT2D eigenvalue weighted by Gasteiger charge is 2.30. The second kappa shape index (κ2) is 6.27. The average molecular weight is 395 g/mol. The van der Waals surface area contributed by atoms with Crippen LogP contribution in [0.5, 0.6) is 0 Å². The van der Waals surface area contributed by atoms with E-state index in [1.807, 2.05) is 0 Å². The zero-order valence-electron chi connectivity index (χ0n) is 12.2. The van der Waals surface area contributed by atoms with Gasteiger partial charge in [-0.05, 0) is 47.1 Å². The molecule has 0 bridgehead atoms. The molecule has 0 saturated heterocycles. The van der Waals surface area contributed by atoms with E-state index in [9.17, 15) is 0 Å². The maximum atomic E-state index is 5.27. The van der Waals surface area contributed by atoms with Crippen LogP contribution in [0.25, 0.3) is 0 Å². The van der Waals surface area contributed by atoms with Gasteiger partial charge < -0.3 is 10.1 Å². The second-order valence-electron chi connectivity index (χ2n) is 5.11. The number of methoxy groups -OCH3 is 1. The van der Waals surface area contributed by atoms with Crippen LogP contribution in [0.3, 0.4) is 0 Å². The first-order chi connectivity index (χ1) is 10.2. The van der Waals surface area contributed by atoms with Gasteiger partial charge in [-0.15, -0.1) is 0 Å². The first-order valence-electron chi connectivity index (χ1n) is 7.11. The topological polar surface area (TPSA) is 47.0 Å². The Morgan fingerprint density at radius 3 is 2.86 bits per heavy atom. The number of fused-ring (bicyclic) bond motifs is 1. The van der Waals surface area contributed by atoms with Crippen molar-refractivity contribution in [1.82, 2.24) is 9.97 Å². The Labute approximate surface area is 138 Å². The lowest BCUT2D eigenvalue weighted by molar-refractivity contribution is 0.180. The van der Waals surface area contributed by atoms with Gasteiger partial charge in [0.2, 0.25) is 0 Å². The number of hydrogen-bond donors (Lipinski definition) is 1. The van der Waals surface area contributed by atoms with Crippen LogP contribution in [0.1, 0.15) is 35.5 Å². The molecular formula is C16H18IN3O. The van der Waals surface area contributed by atoms with Crippen LogP contribution in [-0.4, -0.2) is 23.6 Å². The Kier molecular flexibility index (Phi) is 4.40. The van der Waals surface area contributed by atoms with Crippen molar-refractivity contribution in [3.63, 3.8) is 0 Å². The number of anilines is 1. The van der Waals surface area contributed by atoms with Crippen molar-refractivity contribution in [2.24, 2.45) is 0 Å². The molecule has 1 aliphatic carbocycles. The van der Waals surface area contributed by atoms with Gasteiger partial charge in [-0.2, -0.15) is 0 Å². The third kappa shape index (κ3) is 2.76. The summed E-state index contributed by atoms with van der Waals surface area (Å²) in [5.74, 6) is 2.13. The minimum atomic E-state index is 0.311. The predicted octanol–water partition coefficient (Wildman–Crippen LogP) is 3.35. The fourth-order valence-corrected chi connectivity index (χ4v) is 3.26. The van der Waals surface area contributed by atoms with Crippen molar-refractivity contribution >= 4 is 28.4 Å². The quantitative estimate of drug-likeness (QED) is 0.789. The smallest absolute Gasteiger partial charge is 0.143 e. The predicted molar refractivity (Wildman–Crippen MR) is 91.6 cm³/mol. The normalized spacial score (nSPS) is 16.2. The molecule has 4 nitrogen and oxygen atoms in total. The van der Waals surface area contributed by atoms with E-state index >= 15 is 0 Å². The number of ether oxygens (including phenoxy) is 1. The number of hydrogen-bond acceptors (Lipinski definition) is 4. The number of nitrogens with one attached hydrogen (secondary N) is 1. The Morgan fingerprint density at radius 2 is 2.14 bits per heavy atom. The number of rotatable bonds is 5. The van der Waals surface area contributed by atoms with Gasteiger partial charge in [0.25, 0.3) is 0 Å². The number of aromatic nitrogens is 2. The van der Waals surface area contributed by atoms with Crippen LogP contribution in [0.15, 0.2) is 24.3 Å². The molecule has 3 rings (SSSR count). The summed E-state index contributed by atoms with van der Waals surface area (Å²) in [4.78, 5) is 9.48. The maximum Gasteiger partial charge on any atom is 0.143 e. The van der Waals surface area contributed by atoms with E-state index < -0.39 is 0 Å². The minimum Gasteiger partial charge on any atom is -0.378 e. The zero-order chi connectivity index (χ0) is 14.8. The van der Waals surface area contributed by atoms with Crippen LogP contribution in [0.2, 0.25) is 0 Å². The van der Waals surface area contributed by atoms with Gasteiger partial charge in [0.15, 0.2) is 0 Å². The van der Waals surface area contributed by atoms with Crippen molar-refractivity contribution in [3.05, 3.63) is 50.5 Å². The third-order valence-corrected chi connectivity index (χ3v) is 4.86. The van der Waals surface area contributed by atoms with E-state index in [4.69, 9.17) is 14.7 Å². The summed E-state index contributed by atoms with van der Waals surface area (Å²) in [6, 6.07) is 8.52. The molecule has 1 heterocycles. The van der Waals surface area contributed by atoms with Crippen molar-refractivity contribution in [1.29, 1.82) is 0 Å². The van der Waals surface area contributed by atoms with E-state index in [1.54, 1.807) is 7.11 Å². The SMILES string of the molecule is CCNc1nc(C2Cc3ccccc32)nc(COC)c1I. The van der Waals surface area contributed by atoms with Crippen LogP contribution in [0, 0.1) is 3.57 Å². The van der Waals surface area contributed by atoms with E-state index in [1.165, 1.54) is 11.1 Å². The number of halogens is 1. The summed E-state index contributed by atoms with van der Waals surface area (Å²) < 4.78 is 6.32. The standard InChI is InChI=1S/C16H18IN3O/c1-3-18-16-14(17)13(9-21-2)19-15(20-16)12-8-10-6-4-5-7-11(10)12/h4-7,12H,3,8-9H2,1-2H3,(H,18,19,20). The van der Waals surface area contributed by atoms with Crippen molar-refractivity contribution in [2.75, 3.05) is 19.0 Å². The van der Waals surface area contributed by atoms with Crippen LogP contribution >= 0.6 is 22.6 Å². The van der Waals surface area contributed by atoms with Gasteiger partial charge >= 0.3 is 0 Å². The number of nitrogens with zero attached hydrogens (tertiary/aromatic N) is 2. The Morgan fingerprint density at radius 1 is 1.33 bits per heavy atom. The molecule has 21 heavy (non-hydrogen) atoms. The molecule has 2 aromatic rings. The molecule has 5 heteroatoms. The maximum absolute atomic E-state index is 5.27. The summed E-state index contributed by atoms with van der Waals surface area (Å²) in [6.07, 6.45) is 1.02. The Bertz CT molecular complexity index is 633. The molecule has 1 aromatic carbocycles. The van der Waals surface area contributed by atoms with E-state index in [0.717, 1.165) is 33.9 Å². The highest BCUT2D eigenvalue weighted by Crippen LogP contribution is 2.39.